The molecule has 0 spiro atoms. The molecule has 2 rings (SSSR count). The lowest BCUT2D eigenvalue weighted by atomic mass is 10.1. The van der Waals surface area contributed by atoms with Gasteiger partial charge in [-0.2, -0.15) is 0 Å². The zero-order valence-corrected chi connectivity index (χ0v) is 11.0. The predicted molar refractivity (Wildman–Crippen MR) is 76.9 cm³/mol. The van der Waals surface area contributed by atoms with E-state index in [9.17, 15) is 14.3 Å². The number of nitrogens with two attached hydrogens (primary N) is 1. The number of anilines is 3. The fourth-order valence-corrected chi connectivity index (χ4v) is 2.15. The Balaban J connectivity index is 2.60. The van der Waals surface area contributed by atoms with E-state index in [4.69, 9.17) is 5.73 Å². The molecule has 0 heterocycles. The highest BCUT2D eigenvalue weighted by Gasteiger charge is 2.19. The summed E-state index contributed by atoms with van der Waals surface area (Å²) in [5.41, 5.74) is 7.29. The number of halogens is 1. The Hall–Kier alpha value is -2.56. The maximum absolute atomic E-state index is 13.4. The molecule has 2 aromatic rings. The van der Waals surface area contributed by atoms with E-state index in [1.165, 1.54) is 18.2 Å². The molecule has 0 atom stereocenters. The van der Waals surface area contributed by atoms with E-state index in [0.29, 0.717) is 23.6 Å². The van der Waals surface area contributed by atoms with Gasteiger partial charge in [-0.15, -0.1) is 0 Å². The van der Waals surface area contributed by atoms with Crippen molar-refractivity contribution in [3.05, 3.63) is 53.8 Å². The van der Waals surface area contributed by atoms with E-state index in [1.807, 2.05) is 6.92 Å². The highest BCUT2D eigenvalue weighted by atomic mass is 19.1. The topological polar surface area (TPSA) is 66.6 Å². The first kappa shape index (κ1) is 13.9. The van der Waals surface area contributed by atoms with Crippen LogP contribution in [0, 0.1) is 5.82 Å². The molecule has 0 aromatic heterocycles. The van der Waals surface area contributed by atoms with Crippen molar-refractivity contribution in [2.45, 2.75) is 6.92 Å². The van der Waals surface area contributed by atoms with Gasteiger partial charge in [-0.05, 0) is 37.3 Å². The lowest BCUT2D eigenvalue weighted by Gasteiger charge is -2.26. The normalized spacial score (nSPS) is 10.3. The summed E-state index contributed by atoms with van der Waals surface area (Å²) in [5, 5.41) is 9.28. The predicted octanol–water partition coefficient (Wildman–Crippen LogP) is 3.26. The standard InChI is InChI=1S/C15H15FN2O2/c1-2-18(11-6-3-5-10(16)9-11)14-12(15(19)20)7-4-8-13(14)17/h3-9H,2,17H2,1H3,(H,19,20). The third kappa shape index (κ3) is 2.56. The van der Waals surface area contributed by atoms with Crippen LogP contribution in [0.3, 0.4) is 0 Å². The lowest BCUT2D eigenvalue weighted by molar-refractivity contribution is 0.0697. The van der Waals surface area contributed by atoms with Gasteiger partial charge in [0, 0.05) is 12.2 Å². The number of hydrogen-bond acceptors (Lipinski definition) is 3. The van der Waals surface area contributed by atoms with E-state index >= 15 is 0 Å². The van der Waals surface area contributed by atoms with Gasteiger partial charge in [0.25, 0.3) is 0 Å². The number of carbonyl (C=O) groups is 1. The van der Waals surface area contributed by atoms with Crippen molar-refractivity contribution in [2.24, 2.45) is 0 Å². The van der Waals surface area contributed by atoms with Crippen LogP contribution in [-0.2, 0) is 0 Å². The number of rotatable bonds is 4. The zero-order chi connectivity index (χ0) is 14.7. The molecular formula is C15H15FN2O2. The van der Waals surface area contributed by atoms with Crippen molar-refractivity contribution < 1.29 is 14.3 Å². The first-order valence-corrected chi connectivity index (χ1v) is 6.19. The third-order valence-electron chi connectivity index (χ3n) is 3.00. The smallest absolute Gasteiger partial charge is 0.337 e. The summed E-state index contributed by atoms with van der Waals surface area (Å²) in [7, 11) is 0. The van der Waals surface area contributed by atoms with Gasteiger partial charge in [-0.25, -0.2) is 9.18 Å². The number of nitrogens with zero attached hydrogens (tertiary/aromatic N) is 1. The maximum atomic E-state index is 13.4. The van der Waals surface area contributed by atoms with Gasteiger partial charge in [0.15, 0.2) is 0 Å². The molecule has 4 nitrogen and oxygen atoms in total. The molecule has 104 valence electrons. The minimum absolute atomic E-state index is 0.0936. The highest BCUT2D eigenvalue weighted by molar-refractivity contribution is 5.99. The van der Waals surface area contributed by atoms with Crippen LogP contribution < -0.4 is 10.6 Å². The number of aromatic carboxylic acids is 1. The number of nitrogen functional groups attached to an aromatic ring is 1. The van der Waals surface area contributed by atoms with Crippen LogP contribution >= 0.6 is 0 Å². The zero-order valence-electron chi connectivity index (χ0n) is 11.0. The van der Waals surface area contributed by atoms with E-state index in [-0.39, 0.29) is 11.4 Å². The van der Waals surface area contributed by atoms with Crippen molar-refractivity contribution in [3.63, 3.8) is 0 Å². The molecule has 0 saturated heterocycles. The monoisotopic (exact) mass is 274 g/mol. The molecule has 3 N–H and O–H groups in total. The summed E-state index contributed by atoms with van der Waals surface area (Å²) in [5.74, 6) is -1.45. The quantitative estimate of drug-likeness (QED) is 0.840. The van der Waals surface area contributed by atoms with E-state index in [1.54, 1.807) is 29.2 Å². The molecule has 0 aliphatic rings. The van der Waals surface area contributed by atoms with Crippen molar-refractivity contribution in [1.82, 2.24) is 0 Å². The number of benzene rings is 2. The molecule has 2 aromatic carbocycles. The molecule has 0 radical (unpaired) electrons. The molecule has 0 saturated carbocycles. The van der Waals surface area contributed by atoms with Crippen LogP contribution in [0.4, 0.5) is 21.5 Å². The second kappa shape index (κ2) is 5.61. The maximum Gasteiger partial charge on any atom is 0.337 e. The molecule has 0 bridgehead atoms. The summed E-state index contributed by atoms with van der Waals surface area (Å²) in [4.78, 5) is 13.0. The molecule has 0 fully saturated rings. The van der Waals surface area contributed by atoms with Gasteiger partial charge in [-0.1, -0.05) is 12.1 Å². The van der Waals surface area contributed by atoms with Crippen LogP contribution in [0.25, 0.3) is 0 Å². The average Bonchev–Trinajstić information content (AvgIpc) is 2.41. The Bertz CT molecular complexity index is 644. The lowest BCUT2D eigenvalue weighted by Crippen LogP contribution is -2.20. The summed E-state index contributed by atoms with van der Waals surface area (Å²) in [6.45, 7) is 2.32. The van der Waals surface area contributed by atoms with Crippen molar-refractivity contribution in [2.75, 3.05) is 17.2 Å². The fraction of sp³-hybridized carbons (Fsp3) is 0.133. The number of carboxylic acids is 1. The number of para-hydroxylation sites is 1. The highest BCUT2D eigenvalue weighted by Crippen LogP contribution is 2.33. The molecular weight excluding hydrogens is 259 g/mol. The molecule has 0 aliphatic carbocycles. The summed E-state index contributed by atoms with van der Waals surface area (Å²) in [6, 6.07) is 10.7. The molecule has 5 heteroatoms. The van der Waals surface area contributed by atoms with Crippen molar-refractivity contribution >= 4 is 23.0 Å². The second-order valence-corrected chi connectivity index (χ2v) is 4.27. The van der Waals surface area contributed by atoms with Crippen molar-refractivity contribution in [3.8, 4) is 0 Å². The van der Waals surface area contributed by atoms with E-state index in [0.717, 1.165) is 0 Å². The molecule has 0 unspecified atom stereocenters. The summed E-state index contributed by atoms with van der Waals surface area (Å²) >= 11 is 0. The van der Waals surface area contributed by atoms with Gasteiger partial charge in [0.1, 0.15) is 5.82 Å². The Morgan fingerprint density at radius 1 is 1.30 bits per heavy atom. The number of carboxylic acid groups (broad SMARTS) is 1. The fourth-order valence-electron chi connectivity index (χ4n) is 2.15. The minimum atomic E-state index is -1.07. The Morgan fingerprint density at radius 3 is 2.60 bits per heavy atom. The summed E-state index contributed by atoms with van der Waals surface area (Å²) in [6.07, 6.45) is 0. The number of hydrogen-bond donors (Lipinski definition) is 2. The molecule has 0 aliphatic heterocycles. The van der Waals surface area contributed by atoms with Gasteiger partial charge < -0.3 is 15.7 Å². The minimum Gasteiger partial charge on any atom is -0.478 e. The van der Waals surface area contributed by atoms with Gasteiger partial charge in [0.05, 0.1) is 16.9 Å². The second-order valence-electron chi connectivity index (χ2n) is 4.27. The summed E-state index contributed by atoms with van der Waals surface area (Å²) < 4.78 is 13.4. The third-order valence-corrected chi connectivity index (χ3v) is 3.00. The van der Waals surface area contributed by atoms with Gasteiger partial charge in [-0.3, -0.25) is 0 Å². The van der Waals surface area contributed by atoms with Crippen LogP contribution in [0.1, 0.15) is 17.3 Å². The SMILES string of the molecule is CCN(c1cccc(F)c1)c1c(N)cccc1C(=O)O. The Morgan fingerprint density at radius 2 is 2.00 bits per heavy atom. The Labute approximate surface area is 116 Å². The van der Waals surface area contributed by atoms with Gasteiger partial charge in [0.2, 0.25) is 0 Å². The Kier molecular flexibility index (Phi) is 3.89. The molecule has 20 heavy (non-hydrogen) atoms. The first-order valence-electron chi connectivity index (χ1n) is 6.19. The van der Waals surface area contributed by atoms with Crippen LogP contribution in [-0.4, -0.2) is 17.6 Å². The van der Waals surface area contributed by atoms with Crippen molar-refractivity contribution in [1.29, 1.82) is 0 Å². The largest absolute Gasteiger partial charge is 0.478 e. The average molecular weight is 274 g/mol. The van der Waals surface area contributed by atoms with Crippen LogP contribution in [0.2, 0.25) is 0 Å². The van der Waals surface area contributed by atoms with Crippen LogP contribution in [0.15, 0.2) is 42.5 Å². The first-order chi connectivity index (χ1) is 9.54. The van der Waals surface area contributed by atoms with E-state index in [2.05, 4.69) is 0 Å². The molecule has 0 amide bonds. The van der Waals surface area contributed by atoms with E-state index < -0.39 is 5.97 Å². The van der Waals surface area contributed by atoms with Crippen LogP contribution in [0.5, 0.6) is 0 Å². The van der Waals surface area contributed by atoms with Gasteiger partial charge >= 0.3 is 5.97 Å².